The molecule has 0 aliphatic heterocycles. The Labute approximate surface area is 94.9 Å². The molecular weight excluding hydrogens is 212 g/mol. The second kappa shape index (κ2) is 7.67. The van der Waals surface area contributed by atoms with Gasteiger partial charge in [0.2, 0.25) is 5.91 Å². The summed E-state index contributed by atoms with van der Waals surface area (Å²) >= 11 is 0. The lowest BCUT2D eigenvalue weighted by atomic mass is 10.4. The minimum Gasteiger partial charge on any atom is -0.459 e. The van der Waals surface area contributed by atoms with Crippen molar-refractivity contribution in [1.29, 1.82) is 0 Å². The molecule has 0 unspecified atom stereocenters. The van der Waals surface area contributed by atoms with Crippen LogP contribution < -0.4 is 5.32 Å². The molecule has 6 heteroatoms. The van der Waals surface area contributed by atoms with Gasteiger partial charge in [-0.3, -0.25) is 9.59 Å². The Hall–Kier alpha value is -1.59. The van der Waals surface area contributed by atoms with Crippen molar-refractivity contribution in [2.24, 2.45) is 0 Å². The molecular formula is C10H18N2O4. The van der Waals surface area contributed by atoms with Gasteiger partial charge in [0.1, 0.15) is 0 Å². The minimum atomic E-state index is -0.963. The third kappa shape index (κ3) is 4.77. The molecule has 0 atom stereocenters. The molecule has 0 fully saturated rings. The zero-order chi connectivity index (χ0) is 12.6. The zero-order valence-electron chi connectivity index (χ0n) is 9.91. The van der Waals surface area contributed by atoms with E-state index in [2.05, 4.69) is 10.1 Å². The van der Waals surface area contributed by atoms with E-state index in [1.807, 2.05) is 13.8 Å². The molecule has 0 radical (unpaired) electrons. The fourth-order valence-electron chi connectivity index (χ4n) is 1.11. The van der Waals surface area contributed by atoms with Crippen molar-refractivity contribution in [2.45, 2.75) is 20.8 Å². The van der Waals surface area contributed by atoms with E-state index < -0.39 is 11.9 Å². The molecule has 0 rings (SSSR count). The Morgan fingerprint density at radius 1 is 1.12 bits per heavy atom. The topological polar surface area (TPSA) is 75.7 Å². The fraction of sp³-hybridized carbons (Fsp3) is 0.700. The quantitative estimate of drug-likeness (QED) is 0.512. The number of hydrogen-bond donors (Lipinski definition) is 1. The van der Waals surface area contributed by atoms with Gasteiger partial charge in [-0.05, 0) is 20.8 Å². The van der Waals surface area contributed by atoms with Crippen LogP contribution in [-0.4, -0.2) is 48.9 Å². The largest absolute Gasteiger partial charge is 0.459 e. The molecule has 16 heavy (non-hydrogen) atoms. The summed E-state index contributed by atoms with van der Waals surface area (Å²) in [5, 5.41) is 2.21. The summed E-state index contributed by atoms with van der Waals surface area (Å²) in [5.41, 5.74) is 0. The van der Waals surface area contributed by atoms with Gasteiger partial charge >= 0.3 is 11.9 Å². The highest BCUT2D eigenvalue weighted by molar-refractivity contribution is 6.32. The smallest absolute Gasteiger partial charge is 0.396 e. The average Bonchev–Trinajstić information content (AvgIpc) is 2.27. The Morgan fingerprint density at radius 3 is 2.12 bits per heavy atom. The summed E-state index contributed by atoms with van der Waals surface area (Å²) in [7, 11) is 0. The van der Waals surface area contributed by atoms with E-state index in [9.17, 15) is 14.4 Å². The molecule has 0 aromatic rings. The number of rotatable bonds is 5. The van der Waals surface area contributed by atoms with Crippen LogP contribution in [0.5, 0.6) is 0 Å². The number of carbonyl (C=O) groups excluding carboxylic acids is 3. The van der Waals surface area contributed by atoms with Gasteiger partial charge in [0.15, 0.2) is 0 Å². The average molecular weight is 230 g/mol. The van der Waals surface area contributed by atoms with E-state index >= 15 is 0 Å². The summed E-state index contributed by atoms with van der Waals surface area (Å²) in [6, 6.07) is 0. The van der Waals surface area contributed by atoms with Crippen molar-refractivity contribution in [1.82, 2.24) is 10.2 Å². The van der Waals surface area contributed by atoms with Crippen molar-refractivity contribution in [3.05, 3.63) is 0 Å². The van der Waals surface area contributed by atoms with E-state index in [0.29, 0.717) is 13.1 Å². The Kier molecular flexibility index (Phi) is 6.91. The number of carbonyl (C=O) groups is 3. The molecule has 0 heterocycles. The number of esters is 1. The number of likely N-dealkylation sites (N-methyl/N-ethyl adjacent to an activating group) is 1. The first-order valence-corrected chi connectivity index (χ1v) is 5.29. The molecule has 0 spiro atoms. The van der Waals surface area contributed by atoms with Crippen molar-refractivity contribution < 1.29 is 19.1 Å². The van der Waals surface area contributed by atoms with E-state index in [0.717, 1.165) is 0 Å². The molecule has 0 aliphatic rings. The predicted octanol–water partition coefficient (Wildman–Crippen LogP) is -0.466. The molecule has 0 bridgehead atoms. The minimum absolute atomic E-state index is 0.135. The Bertz CT molecular complexity index is 262. The van der Waals surface area contributed by atoms with E-state index in [-0.39, 0.29) is 19.1 Å². The van der Waals surface area contributed by atoms with Crippen molar-refractivity contribution in [3.63, 3.8) is 0 Å². The summed E-state index contributed by atoms with van der Waals surface area (Å²) in [4.78, 5) is 35.0. The molecule has 1 N–H and O–H groups in total. The number of ether oxygens (including phenoxy) is 1. The van der Waals surface area contributed by atoms with Crippen molar-refractivity contribution >= 4 is 17.8 Å². The fourth-order valence-corrected chi connectivity index (χ4v) is 1.11. The number of nitrogens with one attached hydrogen (secondary N) is 1. The maximum atomic E-state index is 11.4. The van der Waals surface area contributed by atoms with E-state index in [1.165, 1.54) is 0 Å². The van der Waals surface area contributed by atoms with Gasteiger partial charge in [0.25, 0.3) is 0 Å². The molecule has 0 aromatic heterocycles. The maximum Gasteiger partial charge on any atom is 0.396 e. The SMILES string of the molecule is CCOC(=O)C(=O)NCC(=O)N(CC)CC. The van der Waals surface area contributed by atoms with Gasteiger partial charge in [0, 0.05) is 13.1 Å². The molecule has 0 aromatic carbocycles. The van der Waals surface area contributed by atoms with Crippen LogP contribution in [0.25, 0.3) is 0 Å². The Balaban J connectivity index is 4.00. The van der Waals surface area contributed by atoms with Crippen molar-refractivity contribution in [2.75, 3.05) is 26.2 Å². The number of hydrogen-bond acceptors (Lipinski definition) is 4. The van der Waals surface area contributed by atoms with Crippen LogP contribution in [0.2, 0.25) is 0 Å². The summed E-state index contributed by atoms with van der Waals surface area (Å²) in [6.07, 6.45) is 0. The van der Waals surface area contributed by atoms with Gasteiger partial charge in [-0.1, -0.05) is 0 Å². The molecule has 2 amide bonds. The third-order valence-corrected chi connectivity index (χ3v) is 1.98. The first-order chi connectivity index (χ1) is 7.56. The third-order valence-electron chi connectivity index (χ3n) is 1.98. The standard InChI is InChI=1S/C10H18N2O4/c1-4-12(5-2)8(13)7-11-9(14)10(15)16-6-3/h4-7H2,1-3H3,(H,11,14). The van der Waals surface area contributed by atoms with Crippen LogP contribution in [0, 0.1) is 0 Å². The second-order valence-electron chi connectivity index (χ2n) is 2.97. The first-order valence-electron chi connectivity index (χ1n) is 5.29. The molecule has 6 nitrogen and oxygen atoms in total. The van der Waals surface area contributed by atoms with Gasteiger partial charge < -0.3 is 15.0 Å². The van der Waals surface area contributed by atoms with Crippen molar-refractivity contribution in [3.8, 4) is 0 Å². The highest BCUT2D eigenvalue weighted by Gasteiger charge is 2.17. The van der Waals surface area contributed by atoms with Gasteiger partial charge in [0.05, 0.1) is 13.2 Å². The molecule has 0 saturated carbocycles. The van der Waals surface area contributed by atoms with Crippen LogP contribution in [-0.2, 0) is 19.1 Å². The van der Waals surface area contributed by atoms with Gasteiger partial charge in [-0.25, -0.2) is 4.79 Å². The normalized spacial score (nSPS) is 9.44. The van der Waals surface area contributed by atoms with Crippen LogP contribution in [0.4, 0.5) is 0 Å². The number of nitrogens with zero attached hydrogens (tertiary/aromatic N) is 1. The summed E-state index contributed by atoms with van der Waals surface area (Å²) < 4.78 is 4.47. The number of amides is 2. The molecule has 0 aliphatic carbocycles. The lowest BCUT2D eigenvalue weighted by Gasteiger charge is -2.18. The summed E-state index contributed by atoms with van der Waals surface area (Å²) in [5.74, 6) is -2.07. The molecule has 92 valence electrons. The second-order valence-corrected chi connectivity index (χ2v) is 2.97. The zero-order valence-corrected chi connectivity index (χ0v) is 9.91. The van der Waals surface area contributed by atoms with Gasteiger partial charge in [-0.2, -0.15) is 0 Å². The predicted molar refractivity (Wildman–Crippen MR) is 57.6 cm³/mol. The lowest BCUT2D eigenvalue weighted by Crippen LogP contribution is -2.42. The van der Waals surface area contributed by atoms with Gasteiger partial charge in [-0.15, -0.1) is 0 Å². The Morgan fingerprint density at radius 2 is 1.69 bits per heavy atom. The van der Waals surface area contributed by atoms with Crippen LogP contribution in [0.1, 0.15) is 20.8 Å². The lowest BCUT2D eigenvalue weighted by molar-refractivity contribution is -0.154. The monoisotopic (exact) mass is 230 g/mol. The van der Waals surface area contributed by atoms with E-state index in [4.69, 9.17) is 0 Å². The first kappa shape index (κ1) is 14.4. The maximum absolute atomic E-state index is 11.4. The van der Waals surface area contributed by atoms with Crippen LogP contribution in [0.15, 0.2) is 0 Å². The summed E-state index contributed by atoms with van der Waals surface area (Å²) in [6.45, 7) is 6.39. The molecule has 0 saturated heterocycles. The highest BCUT2D eigenvalue weighted by Crippen LogP contribution is 1.87. The van der Waals surface area contributed by atoms with E-state index in [1.54, 1.807) is 11.8 Å². The highest BCUT2D eigenvalue weighted by atomic mass is 16.5. The van der Waals surface area contributed by atoms with Crippen LogP contribution in [0.3, 0.4) is 0 Å². The van der Waals surface area contributed by atoms with Crippen LogP contribution >= 0.6 is 0 Å².